The number of imidazole rings is 1. The number of para-hydroxylation sites is 1. The first-order chi connectivity index (χ1) is 13.3. The maximum Gasteiger partial charge on any atom is 0.220 e. The fourth-order valence-corrected chi connectivity index (χ4v) is 3.38. The van der Waals surface area contributed by atoms with Gasteiger partial charge in [0.25, 0.3) is 0 Å². The van der Waals surface area contributed by atoms with Crippen LogP contribution in [0.1, 0.15) is 23.6 Å². The van der Waals surface area contributed by atoms with E-state index in [1.807, 2.05) is 59.4 Å². The van der Waals surface area contributed by atoms with Gasteiger partial charge in [0.15, 0.2) is 0 Å². The smallest absolute Gasteiger partial charge is 0.220 e. The summed E-state index contributed by atoms with van der Waals surface area (Å²) in [7, 11) is 0. The van der Waals surface area contributed by atoms with Gasteiger partial charge in [-0.1, -0.05) is 48.5 Å². The van der Waals surface area contributed by atoms with Gasteiger partial charge in [0, 0.05) is 42.5 Å². The predicted molar refractivity (Wildman–Crippen MR) is 106 cm³/mol. The average molecular weight is 358 g/mol. The van der Waals surface area contributed by atoms with Gasteiger partial charge in [-0.15, -0.1) is 0 Å². The highest BCUT2D eigenvalue weighted by atomic mass is 16.1. The number of carbonyl (C=O) groups is 1. The molecule has 2 aromatic carbocycles. The van der Waals surface area contributed by atoms with E-state index in [0.717, 1.165) is 11.1 Å². The molecule has 0 saturated carbocycles. The van der Waals surface area contributed by atoms with Crippen molar-refractivity contribution in [2.45, 2.75) is 25.4 Å². The van der Waals surface area contributed by atoms with Crippen molar-refractivity contribution in [2.75, 3.05) is 0 Å². The number of H-pyrrole nitrogens is 1. The van der Waals surface area contributed by atoms with Crippen molar-refractivity contribution >= 4 is 16.8 Å². The van der Waals surface area contributed by atoms with Crippen LogP contribution in [0.25, 0.3) is 10.9 Å². The maximum absolute atomic E-state index is 12.6. The summed E-state index contributed by atoms with van der Waals surface area (Å²) in [6.07, 6.45) is 8.60. The zero-order valence-electron chi connectivity index (χ0n) is 15.0. The van der Waals surface area contributed by atoms with Gasteiger partial charge in [-0.25, -0.2) is 4.98 Å². The van der Waals surface area contributed by atoms with Crippen LogP contribution in [0.2, 0.25) is 0 Å². The minimum Gasteiger partial charge on any atom is -0.361 e. The Kier molecular flexibility index (Phi) is 5.01. The van der Waals surface area contributed by atoms with Gasteiger partial charge in [-0.3, -0.25) is 4.79 Å². The molecule has 1 atom stereocenters. The summed E-state index contributed by atoms with van der Waals surface area (Å²) >= 11 is 0. The topological polar surface area (TPSA) is 62.7 Å². The van der Waals surface area contributed by atoms with E-state index < -0.39 is 0 Å². The third-order valence-corrected chi connectivity index (χ3v) is 4.79. The summed E-state index contributed by atoms with van der Waals surface area (Å²) < 4.78 is 1.98. The molecule has 0 aliphatic carbocycles. The molecule has 4 aromatic rings. The maximum atomic E-state index is 12.6. The summed E-state index contributed by atoms with van der Waals surface area (Å²) in [5.41, 5.74) is 3.37. The molecule has 1 amide bonds. The van der Waals surface area contributed by atoms with Crippen LogP contribution < -0.4 is 5.32 Å². The first kappa shape index (κ1) is 17.1. The number of rotatable bonds is 7. The zero-order valence-corrected chi connectivity index (χ0v) is 15.0. The lowest BCUT2D eigenvalue weighted by molar-refractivity contribution is -0.121. The molecule has 0 fully saturated rings. The molecule has 0 spiro atoms. The Morgan fingerprint density at radius 1 is 1.11 bits per heavy atom. The van der Waals surface area contributed by atoms with Gasteiger partial charge < -0.3 is 14.9 Å². The van der Waals surface area contributed by atoms with Crippen molar-refractivity contribution in [3.63, 3.8) is 0 Å². The Morgan fingerprint density at radius 2 is 1.93 bits per heavy atom. The van der Waals surface area contributed by atoms with Crippen molar-refractivity contribution < 1.29 is 4.79 Å². The number of fused-ring (bicyclic) bond motifs is 1. The van der Waals surface area contributed by atoms with Crippen LogP contribution in [-0.4, -0.2) is 20.4 Å². The summed E-state index contributed by atoms with van der Waals surface area (Å²) in [6, 6.07) is 18.1. The van der Waals surface area contributed by atoms with Crippen LogP contribution in [0.5, 0.6) is 0 Å². The van der Waals surface area contributed by atoms with Crippen molar-refractivity contribution in [3.8, 4) is 0 Å². The van der Waals surface area contributed by atoms with Crippen LogP contribution in [0.4, 0.5) is 0 Å². The molecule has 4 rings (SSSR count). The number of hydrogen-bond acceptors (Lipinski definition) is 2. The SMILES string of the molecule is O=C(CCc1c[nH]c2ccccc12)N[C@H](Cn1ccnc1)c1ccccc1. The number of amides is 1. The first-order valence-corrected chi connectivity index (χ1v) is 9.14. The molecule has 2 N–H and O–H groups in total. The van der Waals surface area contributed by atoms with Crippen LogP contribution in [0.3, 0.4) is 0 Å². The largest absolute Gasteiger partial charge is 0.361 e. The molecule has 0 aliphatic heterocycles. The van der Waals surface area contributed by atoms with Gasteiger partial charge in [0.1, 0.15) is 0 Å². The van der Waals surface area contributed by atoms with E-state index in [2.05, 4.69) is 27.4 Å². The Bertz CT molecular complexity index is 1010. The van der Waals surface area contributed by atoms with Crippen LogP contribution >= 0.6 is 0 Å². The Balaban J connectivity index is 1.43. The molecule has 5 heteroatoms. The fourth-order valence-electron chi connectivity index (χ4n) is 3.38. The number of aromatic amines is 1. The van der Waals surface area contributed by atoms with Crippen LogP contribution in [0.15, 0.2) is 79.5 Å². The average Bonchev–Trinajstić information content (AvgIpc) is 3.36. The summed E-state index contributed by atoms with van der Waals surface area (Å²) in [5, 5.41) is 4.37. The highest BCUT2D eigenvalue weighted by Gasteiger charge is 2.15. The number of nitrogens with one attached hydrogen (secondary N) is 2. The second-order valence-electron chi connectivity index (χ2n) is 6.65. The third-order valence-electron chi connectivity index (χ3n) is 4.79. The number of benzene rings is 2. The molecule has 136 valence electrons. The van der Waals surface area contributed by atoms with E-state index in [1.165, 1.54) is 10.9 Å². The van der Waals surface area contributed by atoms with Gasteiger partial charge in [0.2, 0.25) is 5.91 Å². The van der Waals surface area contributed by atoms with E-state index in [0.29, 0.717) is 19.4 Å². The Hall–Kier alpha value is -3.34. The zero-order chi connectivity index (χ0) is 18.5. The monoisotopic (exact) mass is 358 g/mol. The van der Waals surface area contributed by atoms with E-state index in [4.69, 9.17) is 0 Å². The first-order valence-electron chi connectivity index (χ1n) is 9.14. The van der Waals surface area contributed by atoms with E-state index in [-0.39, 0.29) is 11.9 Å². The number of nitrogens with zero attached hydrogens (tertiary/aromatic N) is 2. The Morgan fingerprint density at radius 3 is 2.74 bits per heavy atom. The van der Waals surface area contributed by atoms with Crippen molar-refractivity contribution in [1.82, 2.24) is 19.9 Å². The van der Waals surface area contributed by atoms with Crippen molar-refractivity contribution in [2.24, 2.45) is 0 Å². The van der Waals surface area contributed by atoms with Gasteiger partial charge in [-0.05, 0) is 23.6 Å². The highest BCUT2D eigenvalue weighted by Crippen LogP contribution is 2.20. The molecule has 27 heavy (non-hydrogen) atoms. The molecular formula is C22H22N4O. The molecule has 0 radical (unpaired) electrons. The fraction of sp³-hybridized carbons (Fsp3) is 0.182. The number of aryl methyl sites for hydroxylation is 1. The lowest BCUT2D eigenvalue weighted by Crippen LogP contribution is -2.31. The summed E-state index contributed by atoms with van der Waals surface area (Å²) in [5.74, 6) is 0.0502. The number of carbonyl (C=O) groups excluding carboxylic acids is 1. The van der Waals surface area contributed by atoms with E-state index >= 15 is 0 Å². The van der Waals surface area contributed by atoms with E-state index in [9.17, 15) is 4.79 Å². The predicted octanol–water partition coefficient (Wildman–Crippen LogP) is 3.85. The lowest BCUT2D eigenvalue weighted by Gasteiger charge is -2.20. The summed E-state index contributed by atoms with van der Waals surface area (Å²) in [6.45, 7) is 0.656. The molecule has 0 unspecified atom stereocenters. The quantitative estimate of drug-likeness (QED) is 0.527. The van der Waals surface area contributed by atoms with Crippen LogP contribution in [-0.2, 0) is 17.8 Å². The normalized spacial score (nSPS) is 12.1. The van der Waals surface area contributed by atoms with Crippen molar-refractivity contribution in [1.29, 1.82) is 0 Å². The molecular weight excluding hydrogens is 336 g/mol. The van der Waals surface area contributed by atoms with Gasteiger partial charge in [0.05, 0.1) is 12.4 Å². The molecule has 2 heterocycles. The Labute approximate surface area is 158 Å². The highest BCUT2D eigenvalue weighted by molar-refractivity contribution is 5.84. The van der Waals surface area contributed by atoms with Gasteiger partial charge >= 0.3 is 0 Å². The summed E-state index contributed by atoms with van der Waals surface area (Å²) in [4.78, 5) is 20.0. The molecule has 2 aromatic heterocycles. The minimum absolute atomic E-state index is 0.0502. The van der Waals surface area contributed by atoms with Gasteiger partial charge in [-0.2, -0.15) is 0 Å². The standard InChI is InChI=1S/C22H22N4O/c27-22(11-10-18-14-24-20-9-5-4-8-19(18)20)25-21(15-26-13-12-23-16-26)17-6-2-1-3-7-17/h1-9,12-14,16,21,24H,10-11,15H2,(H,25,27)/t21-/m1/s1. The number of aromatic nitrogens is 3. The van der Waals surface area contributed by atoms with Crippen LogP contribution in [0, 0.1) is 0 Å². The number of hydrogen-bond donors (Lipinski definition) is 2. The molecule has 5 nitrogen and oxygen atoms in total. The molecule has 0 aliphatic rings. The molecule has 0 bridgehead atoms. The minimum atomic E-state index is -0.0872. The lowest BCUT2D eigenvalue weighted by atomic mass is 10.1. The molecule has 0 saturated heterocycles. The second kappa shape index (κ2) is 7.91. The second-order valence-corrected chi connectivity index (χ2v) is 6.65. The third kappa shape index (κ3) is 4.08. The van der Waals surface area contributed by atoms with E-state index in [1.54, 1.807) is 12.5 Å². The van der Waals surface area contributed by atoms with Crippen molar-refractivity contribution in [3.05, 3.63) is 90.6 Å².